The summed E-state index contributed by atoms with van der Waals surface area (Å²) in [6.07, 6.45) is 2.15. The molecule has 1 saturated carbocycles. The zero-order valence-electron chi connectivity index (χ0n) is 41.5. The first kappa shape index (κ1) is 54.5. The van der Waals surface area contributed by atoms with Crippen LogP contribution in [0.3, 0.4) is 0 Å². The number of amides is 4. The van der Waals surface area contributed by atoms with E-state index in [1.54, 1.807) is 41.5 Å². The second-order valence-corrected chi connectivity index (χ2v) is 20.5. The lowest BCUT2D eigenvalue weighted by Gasteiger charge is -2.34. The van der Waals surface area contributed by atoms with E-state index in [2.05, 4.69) is 21.3 Å². The van der Waals surface area contributed by atoms with Gasteiger partial charge in [-0.15, -0.1) is 0 Å². The maximum absolute atomic E-state index is 14.7. The zero-order chi connectivity index (χ0) is 50.0. The molecule has 4 rings (SSSR count). The number of carbonyl (C=O) groups excluding carboxylic acids is 6. The Labute approximate surface area is 402 Å². The van der Waals surface area contributed by atoms with Crippen LogP contribution in [0.2, 0.25) is 0 Å². The molecular weight excluding hydrogens is 869 g/mol. The summed E-state index contributed by atoms with van der Waals surface area (Å²) in [6.45, 7) is 16.5. The first-order valence-electron chi connectivity index (χ1n) is 23.7. The van der Waals surface area contributed by atoms with Gasteiger partial charge in [0.05, 0.1) is 11.3 Å². The van der Waals surface area contributed by atoms with E-state index >= 15 is 0 Å². The van der Waals surface area contributed by atoms with E-state index < -0.39 is 76.2 Å². The van der Waals surface area contributed by atoms with E-state index in [1.807, 2.05) is 106 Å². The van der Waals surface area contributed by atoms with Gasteiger partial charge in [-0.05, 0) is 130 Å². The van der Waals surface area contributed by atoms with Gasteiger partial charge in [0.15, 0.2) is 0 Å². The van der Waals surface area contributed by atoms with Gasteiger partial charge in [-0.3, -0.25) is 14.4 Å². The van der Waals surface area contributed by atoms with Crippen LogP contribution in [0.25, 0.3) is 0 Å². The Morgan fingerprint density at radius 3 is 1.68 bits per heavy atom. The van der Waals surface area contributed by atoms with Crippen LogP contribution in [-0.4, -0.2) is 77.9 Å². The third kappa shape index (κ3) is 20.0. The highest BCUT2D eigenvalue weighted by molar-refractivity contribution is 5.89. The fourth-order valence-corrected chi connectivity index (χ4v) is 7.79. The number of rotatable bonds is 22. The molecule has 1 aliphatic rings. The zero-order valence-corrected chi connectivity index (χ0v) is 41.5. The number of hydrogen-bond acceptors (Lipinski definition) is 11. The monoisotopic (exact) mass is 943 g/mol. The Balaban J connectivity index is 1.49. The van der Waals surface area contributed by atoms with E-state index in [-0.39, 0.29) is 45.6 Å². The normalized spacial score (nSPS) is 14.8. The van der Waals surface area contributed by atoms with Crippen molar-refractivity contribution in [1.82, 2.24) is 21.3 Å². The van der Waals surface area contributed by atoms with Crippen molar-refractivity contribution < 1.29 is 52.5 Å². The summed E-state index contributed by atoms with van der Waals surface area (Å²) < 4.78 is 28.4. The number of nitrogens with one attached hydrogen (secondary N) is 4. The smallest absolute Gasteiger partial charge is 0.408 e. The standard InChI is InChI=1S/C53H74N4O11/c1-50(2,3)66-41-27-25-37(26-28-41)32-43(46(60)68-52(7,8)9)56-47(61)53(29-17-18-30-53)33-40(45(59)67-51(4,5)6)34-55-44(58)42(57-49(63)65-36-39-22-14-11-15-23-39)24-16-19-31-54-48(62)64-35-38-20-12-10-13-21-38/h10-15,20-23,25-28,40,42-43H,16-19,24,29-36H2,1-9H3,(H,54,62)(H,55,58)(H,56,61)(H,57,63)/t40?,42-,43-/m0/s1. The summed E-state index contributed by atoms with van der Waals surface area (Å²) in [5.41, 5.74) is -0.794. The second kappa shape index (κ2) is 25.3. The van der Waals surface area contributed by atoms with Gasteiger partial charge in [0.2, 0.25) is 11.8 Å². The number of esters is 2. The first-order valence-corrected chi connectivity index (χ1v) is 23.7. The molecule has 68 heavy (non-hydrogen) atoms. The van der Waals surface area contributed by atoms with Gasteiger partial charge in [0.1, 0.15) is 47.9 Å². The summed E-state index contributed by atoms with van der Waals surface area (Å²) >= 11 is 0. The van der Waals surface area contributed by atoms with E-state index in [0.29, 0.717) is 44.3 Å². The molecule has 0 aliphatic heterocycles. The predicted molar refractivity (Wildman–Crippen MR) is 258 cm³/mol. The van der Waals surface area contributed by atoms with Crippen molar-refractivity contribution in [1.29, 1.82) is 0 Å². The first-order chi connectivity index (χ1) is 32.0. The Kier molecular flexibility index (Phi) is 20.3. The minimum Gasteiger partial charge on any atom is -0.488 e. The maximum atomic E-state index is 14.7. The molecule has 0 heterocycles. The fraction of sp³-hybridized carbons (Fsp3) is 0.547. The van der Waals surface area contributed by atoms with E-state index in [0.717, 1.165) is 16.7 Å². The van der Waals surface area contributed by atoms with Crippen LogP contribution in [0.5, 0.6) is 5.75 Å². The summed E-state index contributed by atoms with van der Waals surface area (Å²) in [4.78, 5) is 81.9. The lowest BCUT2D eigenvalue weighted by Crippen LogP contribution is -2.52. The van der Waals surface area contributed by atoms with Crippen molar-refractivity contribution in [3.8, 4) is 5.75 Å². The Bertz CT molecular complexity index is 2090. The number of alkyl carbamates (subject to hydrolysis) is 2. The number of hydrogen-bond donors (Lipinski definition) is 4. The molecule has 0 spiro atoms. The molecular formula is C53H74N4O11. The summed E-state index contributed by atoms with van der Waals surface area (Å²) in [5.74, 6) is -2.47. The molecule has 15 heteroatoms. The number of carbonyl (C=O) groups is 6. The van der Waals surface area contributed by atoms with Crippen LogP contribution in [0.4, 0.5) is 9.59 Å². The van der Waals surface area contributed by atoms with Crippen molar-refractivity contribution in [2.75, 3.05) is 13.1 Å². The molecule has 3 aromatic carbocycles. The fourth-order valence-electron chi connectivity index (χ4n) is 7.79. The highest BCUT2D eigenvalue weighted by Crippen LogP contribution is 2.44. The second-order valence-electron chi connectivity index (χ2n) is 20.5. The lowest BCUT2D eigenvalue weighted by atomic mass is 9.76. The Morgan fingerprint density at radius 1 is 0.588 bits per heavy atom. The van der Waals surface area contributed by atoms with Crippen LogP contribution >= 0.6 is 0 Å². The van der Waals surface area contributed by atoms with Crippen molar-refractivity contribution in [2.45, 2.75) is 162 Å². The number of unbranched alkanes of at least 4 members (excludes halogenated alkanes) is 1. The predicted octanol–water partition coefficient (Wildman–Crippen LogP) is 8.65. The summed E-state index contributed by atoms with van der Waals surface area (Å²) in [7, 11) is 0. The third-order valence-electron chi connectivity index (χ3n) is 10.9. The van der Waals surface area contributed by atoms with Gasteiger partial charge in [0.25, 0.3) is 0 Å². The van der Waals surface area contributed by atoms with E-state index in [4.69, 9.17) is 23.7 Å². The lowest BCUT2D eigenvalue weighted by molar-refractivity contribution is -0.163. The van der Waals surface area contributed by atoms with Crippen LogP contribution in [0.1, 0.15) is 130 Å². The van der Waals surface area contributed by atoms with Gasteiger partial charge in [-0.2, -0.15) is 0 Å². The van der Waals surface area contributed by atoms with Crippen LogP contribution < -0.4 is 26.0 Å². The molecule has 0 aromatic heterocycles. The van der Waals surface area contributed by atoms with Crippen LogP contribution in [-0.2, 0) is 57.8 Å². The van der Waals surface area contributed by atoms with Gasteiger partial charge in [-0.1, -0.05) is 85.6 Å². The SMILES string of the molecule is CC(C)(C)OC(=O)C(CNC(=O)[C@H](CCCCNC(=O)OCc1ccccc1)NC(=O)OCc1ccccc1)CC1(C(=O)N[C@@H](Cc2ccc(OC(C)(C)C)cc2)C(=O)OC(C)(C)C)CCCC1. The minimum absolute atomic E-state index is 0.0195. The van der Waals surface area contributed by atoms with Crippen molar-refractivity contribution in [3.05, 3.63) is 102 Å². The third-order valence-corrected chi connectivity index (χ3v) is 10.9. The van der Waals surface area contributed by atoms with E-state index in [9.17, 15) is 28.8 Å². The molecule has 1 unspecified atom stereocenters. The topological polar surface area (TPSA) is 197 Å². The average molecular weight is 943 g/mol. The molecule has 15 nitrogen and oxygen atoms in total. The largest absolute Gasteiger partial charge is 0.488 e. The molecule has 0 bridgehead atoms. The van der Waals surface area contributed by atoms with Gasteiger partial charge in [0, 0.05) is 19.5 Å². The highest BCUT2D eigenvalue weighted by Gasteiger charge is 2.46. The molecule has 1 aliphatic carbocycles. The van der Waals surface area contributed by atoms with E-state index in [1.165, 1.54) is 0 Å². The van der Waals surface area contributed by atoms with Gasteiger partial charge < -0.3 is 45.0 Å². The molecule has 372 valence electrons. The maximum Gasteiger partial charge on any atom is 0.408 e. The number of ether oxygens (including phenoxy) is 5. The molecule has 4 N–H and O–H groups in total. The van der Waals surface area contributed by atoms with Crippen molar-refractivity contribution >= 4 is 35.9 Å². The Morgan fingerprint density at radius 2 is 1.13 bits per heavy atom. The quantitative estimate of drug-likeness (QED) is 0.0428. The average Bonchev–Trinajstić information content (AvgIpc) is 3.75. The summed E-state index contributed by atoms with van der Waals surface area (Å²) in [5, 5.41) is 11.3. The molecule has 0 saturated heterocycles. The van der Waals surface area contributed by atoms with Crippen LogP contribution in [0.15, 0.2) is 84.9 Å². The Hall–Kier alpha value is -6.12. The molecule has 1 fully saturated rings. The number of benzene rings is 3. The highest BCUT2D eigenvalue weighted by atomic mass is 16.6. The van der Waals surface area contributed by atoms with Gasteiger partial charge in [-0.25, -0.2) is 14.4 Å². The molecule has 4 amide bonds. The van der Waals surface area contributed by atoms with Gasteiger partial charge >= 0.3 is 24.1 Å². The summed E-state index contributed by atoms with van der Waals surface area (Å²) in [6, 6.07) is 23.6. The molecule has 0 radical (unpaired) electrons. The molecule has 3 aromatic rings. The van der Waals surface area contributed by atoms with Crippen LogP contribution in [0, 0.1) is 11.3 Å². The van der Waals surface area contributed by atoms with Crippen molar-refractivity contribution in [3.63, 3.8) is 0 Å². The van der Waals surface area contributed by atoms with Crippen molar-refractivity contribution in [2.24, 2.45) is 11.3 Å². The molecule has 3 atom stereocenters. The minimum atomic E-state index is -1.08.